The molecule has 0 bridgehead atoms. The van der Waals surface area contributed by atoms with E-state index in [0.717, 1.165) is 6.61 Å². The molecule has 78 valence electrons. The van der Waals surface area contributed by atoms with E-state index in [2.05, 4.69) is 26.1 Å². The van der Waals surface area contributed by atoms with Crippen molar-refractivity contribution >= 4 is 0 Å². The predicted octanol–water partition coefficient (Wildman–Crippen LogP) is 2.68. The fourth-order valence-electron chi connectivity index (χ4n) is 1.63. The molecule has 1 saturated heterocycles. The van der Waals surface area contributed by atoms with Crippen LogP contribution in [0, 0.1) is 0 Å². The summed E-state index contributed by atoms with van der Waals surface area (Å²) in [5.74, 6) is 0. The summed E-state index contributed by atoms with van der Waals surface area (Å²) in [5.41, 5.74) is 0.259. The van der Waals surface area contributed by atoms with Gasteiger partial charge in [0.15, 0.2) is 0 Å². The fourth-order valence-corrected chi connectivity index (χ4v) is 1.63. The van der Waals surface area contributed by atoms with Crippen LogP contribution in [0.2, 0.25) is 0 Å². The highest BCUT2D eigenvalue weighted by atomic mass is 16.6. The molecule has 1 unspecified atom stereocenters. The van der Waals surface area contributed by atoms with Crippen LogP contribution >= 0.6 is 0 Å². The maximum Gasteiger partial charge on any atom is 0.132 e. The van der Waals surface area contributed by atoms with E-state index < -0.39 is 0 Å². The highest BCUT2D eigenvalue weighted by molar-refractivity contribution is 4.82. The zero-order valence-corrected chi connectivity index (χ0v) is 9.23. The topological polar surface area (TPSA) is 24.6 Å². The van der Waals surface area contributed by atoms with E-state index >= 15 is 0 Å². The number of ether oxygens (including phenoxy) is 1. The normalized spacial score (nSPS) is 21.9. The van der Waals surface area contributed by atoms with Crippen LogP contribution in [0.5, 0.6) is 0 Å². The summed E-state index contributed by atoms with van der Waals surface area (Å²) in [5, 5.41) is 3.48. The van der Waals surface area contributed by atoms with Gasteiger partial charge in [-0.15, -0.1) is 0 Å². The molecule has 0 aliphatic carbocycles. The standard InChI is InChI=1S/C11H23NO/c1-4-5-6-7-8-11(2,3)12-10-9-13-10/h10,12H,4-9H2,1-3H3. The fraction of sp³-hybridized carbons (Fsp3) is 1.00. The lowest BCUT2D eigenvalue weighted by Gasteiger charge is -2.25. The Morgan fingerprint density at radius 2 is 2.00 bits per heavy atom. The summed E-state index contributed by atoms with van der Waals surface area (Å²) in [6.45, 7) is 7.68. The molecule has 0 spiro atoms. The van der Waals surface area contributed by atoms with E-state index in [4.69, 9.17) is 4.74 Å². The molecule has 0 aromatic rings. The molecule has 1 fully saturated rings. The van der Waals surface area contributed by atoms with Gasteiger partial charge in [-0.25, -0.2) is 0 Å². The van der Waals surface area contributed by atoms with E-state index in [1.165, 1.54) is 32.1 Å². The Balaban J connectivity index is 2.02. The van der Waals surface area contributed by atoms with E-state index in [9.17, 15) is 0 Å². The lowest BCUT2D eigenvalue weighted by molar-refractivity contribution is 0.273. The van der Waals surface area contributed by atoms with E-state index in [1.807, 2.05) is 0 Å². The number of nitrogens with one attached hydrogen (secondary N) is 1. The second kappa shape index (κ2) is 4.97. The predicted molar refractivity (Wildman–Crippen MR) is 55.7 cm³/mol. The van der Waals surface area contributed by atoms with Crippen molar-refractivity contribution in [3.8, 4) is 0 Å². The van der Waals surface area contributed by atoms with Crippen LogP contribution in [0.15, 0.2) is 0 Å². The zero-order valence-electron chi connectivity index (χ0n) is 9.23. The third kappa shape index (κ3) is 5.27. The summed E-state index contributed by atoms with van der Waals surface area (Å²) < 4.78 is 5.16. The second-order valence-corrected chi connectivity index (χ2v) is 4.66. The summed E-state index contributed by atoms with van der Waals surface area (Å²) in [4.78, 5) is 0. The molecule has 0 aromatic heterocycles. The van der Waals surface area contributed by atoms with Gasteiger partial charge in [0.25, 0.3) is 0 Å². The molecule has 0 aromatic carbocycles. The lowest BCUT2D eigenvalue weighted by atomic mass is 9.96. The van der Waals surface area contributed by atoms with Crippen molar-refractivity contribution in [1.82, 2.24) is 5.32 Å². The van der Waals surface area contributed by atoms with Gasteiger partial charge in [0.05, 0.1) is 6.61 Å². The van der Waals surface area contributed by atoms with Crippen LogP contribution in [0.4, 0.5) is 0 Å². The van der Waals surface area contributed by atoms with Crippen LogP contribution in [-0.4, -0.2) is 18.4 Å². The molecule has 1 rings (SSSR count). The molecule has 0 amide bonds. The average molecular weight is 185 g/mol. The quantitative estimate of drug-likeness (QED) is 0.487. The van der Waals surface area contributed by atoms with Crippen molar-refractivity contribution < 1.29 is 4.74 Å². The minimum atomic E-state index is 0.259. The maximum atomic E-state index is 5.16. The first kappa shape index (κ1) is 11.0. The van der Waals surface area contributed by atoms with Gasteiger partial charge in [-0.1, -0.05) is 32.6 Å². The summed E-state index contributed by atoms with van der Waals surface area (Å²) in [6, 6.07) is 0. The highest BCUT2D eigenvalue weighted by Gasteiger charge is 2.29. The van der Waals surface area contributed by atoms with Crippen molar-refractivity contribution in [2.45, 2.75) is 64.6 Å². The molecule has 1 aliphatic rings. The van der Waals surface area contributed by atoms with Gasteiger partial charge in [0.1, 0.15) is 6.23 Å². The number of unbranched alkanes of at least 4 members (excludes halogenated alkanes) is 3. The van der Waals surface area contributed by atoms with Gasteiger partial charge < -0.3 is 4.74 Å². The number of hydrogen-bond acceptors (Lipinski definition) is 2. The lowest BCUT2D eigenvalue weighted by Crippen LogP contribution is -2.41. The van der Waals surface area contributed by atoms with E-state index in [-0.39, 0.29) is 5.54 Å². The van der Waals surface area contributed by atoms with E-state index in [0.29, 0.717) is 6.23 Å². The Kier molecular flexibility index (Phi) is 4.20. The van der Waals surface area contributed by atoms with Crippen molar-refractivity contribution in [3.05, 3.63) is 0 Å². The van der Waals surface area contributed by atoms with Crippen LogP contribution < -0.4 is 5.32 Å². The minimum Gasteiger partial charge on any atom is -0.357 e. The van der Waals surface area contributed by atoms with Crippen LogP contribution in [0.1, 0.15) is 52.9 Å². The Hall–Kier alpha value is -0.0800. The molecular formula is C11H23NO. The Morgan fingerprint density at radius 3 is 2.54 bits per heavy atom. The first-order chi connectivity index (χ1) is 6.14. The van der Waals surface area contributed by atoms with Gasteiger partial charge in [-0.2, -0.15) is 0 Å². The van der Waals surface area contributed by atoms with Crippen LogP contribution in [0.25, 0.3) is 0 Å². The molecule has 1 heterocycles. The van der Waals surface area contributed by atoms with Gasteiger partial charge in [0.2, 0.25) is 0 Å². The Labute approximate surface area is 82.0 Å². The molecule has 1 N–H and O–H groups in total. The summed E-state index contributed by atoms with van der Waals surface area (Å²) in [6.07, 6.45) is 7.00. The van der Waals surface area contributed by atoms with Gasteiger partial charge in [0, 0.05) is 5.54 Å². The van der Waals surface area contributed by atoms with Crippen molar-refractivity contribution in [2.24, 2.45) is 0 Å². The molecule has 13 heavy (non-hydrogen) atoms. The van der Waals surface area contributed by atoms with Crippen molar-refractivity contribution in [3.63, 3.8) is 0 Å². The molecule has 1 aliphatic heterocycles. The monoisotopic (exact) mass is 185 g/mol. The molecular weight excluding hydrogens is 162 g/mol. The first-order valence-electron chi connectivity index (χ1n) is 5.53. The van der Waals surface area contributed by atoms with Crippen LogP contribution in [0.3, 0.4) is 0 Å². The number of hydrogen-bond donors (Lipinski definition) is 1. The van der Waals surface area contributed by atoms with Crippen molar-refractivity contribution in [1.29, 1.82) is 0 Å². The average Bonchev–Trinajstić information content (AvgIpc) is 2.81. The third-order valence-corrected chi connectivity index (χ3v) is 2.54. The maximum absolute atomic E-state index is 5.16. The second-order valence-electron chi connectivity index (χ2n) is 4.66. The summed E-state index contributed by atoms with van der Waals surface area (Å²) in [7, 11) is 0. The number of epoxide rings is 1. The first-order valence-corrected chi connectivity index (χ1v) is 5.53. The Morgan fingerprint density at radius 1 is 1.31 bits per heavy atom. The largest absolute Gasteiger partial charge is 0.357 e. The number of rotatable bonds is 7. The third-order valence-electron chi connectivity index (χ3n) is 2.54. The molecule has 2 heteroatoms. The highest BCUT2D eigenvalue weighted by Crippen LogP contribution is 2.18. The molecule has 0 saturated carbocycles. The van der Waals surface area contributed by atoms with Crippen molar-refractivity contribution in [2.75, 3.05) is 6.61 Å². The van der Waals surface area contributed by atoms with Gasteiger partial charge in [-0.3, -0.25) is 5.32 Å². The minimum absolute atomic E-state index is 0.259. The Bertz CT molecular complexity index is 141. The molecule has 2 nitrogen and oxygen atoms in total. The van der Waals surface area contributed by atoms with Crippen LogP contribution in [-0.2, 0) is 4.74 Å². The molecule has 0 radical (unpaired) electrons. The van der Waals surface area contributed by atoms with E-state index in [1.54, 1.807) is 0 Å². The smallest absolute Gasteiger partial charge is 0.132 e. The SMILES string of the molecule is CCCCCCC(C)(C)NC1CO1. The summed E-state index contributed by atoms with van der Waals surface area (Å²) >= 11 is 0. The molecule has 1 atom stereocenters. The van der Waals surface area contributed by atoms with Gasteiger partial charge >= 0.3 is 0 Å². The zero-order chi connectivity index (χ0) is 9.73. The van der Waals surface area contributed by atoms with Gasteiger partial charge in [-0.05, 0) is 20.3 Å².